The molecule has 1 amide bonds. The van der Waals surface area contributed by atoms with Gasteiger partial charge >= 0.3 is 0 Å². The Kier molecular flexibility index (Phi) is 6.14. The van der Waals surface area contributed by atoms with Crippen LogP contribution in [0, 0.1) is 10.1 Å². The molecule has 126 valence electrons. The maximum absolute atomic E-state index is 12.1. The van der Waals surface area contributed by atoms with Gasteiger partial charge in [-0.2, -0.15) is 0 Å². The van der Waals surface area contributed by atoms with Crippen molar-refractivity contribution in [3.05, 3.63) is 68.2 Å². The highest BCUT2D eigenvalue weighted by Crippen LogP contribution is 2.27. The van der Waals surface area contributed by atoms with E-state index in [1.54, 1.807) is 11.4 Å². The summed E-state index contributed by atoms with van der Waals surface area (Å²) in [6.07, 6.45) is 0. The van der Waals surface area contributed by atoms with Crippen molar-refractivity contribution in [2.75, 3.05) is 11.9 Å². The first-order valence-corrected chi connectivity index (χ1v) is 7.95. The minimum absolute atomic E-state index is 0.0289. The zero-order valence-electron chi connectivity index (χ0n) is 12.8. The SMILES string of the molecule is C[C@H]([NH2+]CC(=O)Nc1cc(Cl)ccc1[N+](=O)[O-])c1ccccc1Cl. The Bertz CT molecular complexity index is 768. The highest BCUT2D eigenvalue weighted by atomic mass is 35.5. The van der Waals surface area contributed by atoms with Crippen LogP contribution in [0.15, 0.2) is 42.5 Å². The second-order valence-electron chi connectivity index (χ2n) is 5.22. The summed E-state index contributed by atoms with van der Waals surface area (Å²) in [4.78, 5) is 22.5. The number of quaternary nitrogens is 1. The third kappa shape index (κ3) is 4.67. The van der Waals surface area contributed by atoms with E-state index in [0.717, 1.165) is 5.56 Å². The molecule has 0 heterocycles. The second-order valence-corrected chi connectivity index (χ2v) is 6.06. The lowest BCUT2D eigenvalue weighted by molar-refractivity contribution is -0.682. The summed E-state index contributed by atoms with van der Waals surface area (Å²) in [7, 11) is 0. The van der Waals surface area contributed by atoms with Crippen LogP contribution in [-0.2, 0) is 4.79 Å². The van der Waals surface area contributed by atoms with Crippen LogP contribution in [0.3, 0.4) is 0 Å². The number of nitrogens with zero attached hydrogens (tertiary/aromatic N) is 1. The molecule has 0 spiro atoms. The largest absolute Gasteiger partial charge is 0.332 e. The van der Waals surface area contributed by atoms with Crippen LogP contribution in [0.2, 0.25) is 10.0 Å². The number of nitrogens with two attached hydrogens (primary N) is 1. The highest BCUT2D eigenvalue weighted by Gasteiger charge is 2.18. The van der Waals surface area contributed by atoms with Crippen LogP contribution in [0.4, 0.5) is 11.4 Å². The van der Waals surface area contributed by atoms with Crippen LogP contribution >= 0.6 is 23.2 Å². The van der Waals surface area contributed by atoms with Gasteiger partial charge < -0.3 is 10.6 Å². The highest BCUT2D eigenvalue weighted by molar-refractivity contribution is 6.31. The first-order valence-electron chi connectivity index (χ1n) is 7.20. The Morgan fingerprint density at radius 1 is 1.29 bits per heavy atom. The molecule has 2 aromatic rings. The smallest absolute Gasteiger partial charge is 0.292 e. The van der Waals surface area contributed by atoms with Gasteiger partial charge in [0.1, 0.15) is 11.7 Å². The minimum atomic E-state index is -0.567. The van der Waals surface area contributed by atoms with Crippen LogP contribution in [-0.4, -0.2) is 17.4 Å². The van der Waals surface area contributed by atoms with E-state index >= 15 is 0 Å². The lowest BCUT2D eigenvalue weighted by Gasteiger charge is -2.12. The molecule has 0 aliphatic carbocycles. The van der Waals surface area contributed by atoms with Gasteiger partial charge in [-0.1, -0.05) is 41.4 Å². The van der Waals surface area contributed by atoms with E-state index in [1.807, 2.05) is 25.1 Å². The monoisotopic (exact) mass is 368 g/mol. The average molecular weight is 369 g/mol. The summed E-state index contributed by atoms with van der Waals surface area (Å²) in [5.41, 5.74) is 0.795. The molecule has 0 unspecified atom stereocenters. The molecule has 8 heteroatoms. The molecule has 0 radical (unpaired) electrons. The van der Waals surface area contributed by atoms with Crippen LogP contribution in [0.25, 0.3) is 0 Å². The summed E-state index contributed by atoms with van der Waals surface area (Å²) in [5.74, 6) is -0.362. The van der Waals surface area contributed by atoms with E-state index in [4.69, 9.17) is 23.2 Å². The van der Waals surface area contributed by atoms with Gasteiger partial charge in [-0.3, -0.25) is 14.9 Å². The summed E-state index contributed by atoms with van der Waals surface area (Å²) in [6, 6.07) is 11.4. The van der Waals surface area contributed by atoms with Gasteiger partial charge in [0, 0.05) is 21.7 Å². The number of rotatable bonds is 6. The third-order valence-electron chi connectivity index (χ3n) is 3.48. The van der Waals surface area contributed by atoms with E-state index in [9.17, 15) is 14.9 Å². The number of nitro benzene ring substituents is 1. The Balaban J connectivity index is 2.00. The van der Waals surface area contributed by atoms with Crippen molar-refractivity contribution >= 4 is 40.5 Å². The van der Waals surface area contributed by atoms with Gasteiger partial charge in [-0.25, -0.2) is 0 Å². The number of nitrogens with one attached hydrogen (secondary N) is 1. The fourth-order valence-corrected chi connectivity index (χ4v) is 2.70. The summed E-state index contributed by atoms with van der Waals surface area (Å²) in [5, 5.41) is 16.3. The Labute approximate surface area is 148 Å². The van der Waals surface area contributed by atoms with Crippen LogP contribution < -0.4 is 10.6 Å². The topological polar surface area (TPSA) is 88.8 Å². The van der Waals surface area contributed by atoms with Crippen molar-refractivity contribution in [3.63, 3.8) is 0 Å². The average Bonchev–Trinajstić information content (AvgIpc) is 2.53. The molecule has 24 heavy (non-hydrogen) atoms. The predicted molar refractivity (Wildman–Crippen MR) is 93.4 cm³/mol. The normalized spacial score (nSPS) is 11.8. The third-order valence-corrected chi connectivity index (χ3v) is 4.06. The van der Waals surface area contributed by atoms with Gasteiger partial charge in [0.15, 0.2) is 6.54 Å². The number of amides is 1. The Hall–Kier alpha value is -2.15. The first kappa shape index (κ1) is 18.2. The van der Waals surface area contributed by atoms with Crippen molar-refractivity contribution in [3.8, 4) is 0 Å². The van der Waals surface area contributed by atoms with E-state index in [-0.39, 0.29) is 29.9 Å². The molecular formula is C16H16Cl2N3O3+. The van der Waals surface area contributed by atoms with Crippen LogP contribution in [0.1, 0.15) is 18.5 Å². The molecule has 0 aliphatic rings. The fourth-order valence-electron chi connectivity index (χ4n) is 2.22. The van der Waals surface area contributed by atoms with Crippen LogP contribution in [0.5, 0.6) is 0 Å². The number of carbonyl (C=O) groups is 1. The van der Waals surface area contributed by atoms with Crippen molar-refractivity contribution in [1.29, 1.82) is 0 Å². The van der Waals surface area contributed by atoms with Gasteiger partial charge in [0.05, 0.1) is 4.92 Å². The lowest BCUT2D eigenvalue weighted by atomic mass is 10.1. The van der Waals surface area contributed by atoms with E-state index in [1.165, 1.54) is 18.2 Å². The van der Waals surface area contributed by atoms with Crippen molar-refractivity contribution in [2.45, 2.75) is 13.0 Å². The minimum Gasteiger partial charge on any atom is -0.332 e. The molecule has 0 aromatic heterocycles. The first-order chi connectivity index (χ1) is 11.4. The molecule has 1 atom stereocenters. The summed E-state index contributed by atoms with van der Waals surface area (Å²) in [6.45, 7) is 2.02. The maximum Gasteiger partial charge on any atom is 0.292 e. The molecule has 6 nitrogen and oxygen atoms in total. The molecule has 2 rings (SSSR count). The number of nitro groups is 1. The van der Waals surface area contributed by atoms with Crippen molar-refractivity contribution < 1.29 is 15.0 Å². The van der Waals surface area contributed by atoms with E-state index in [0.29, 0.717) is 10.0 Å². The van der Waals surface area contributed by atoms with E-state index in [2.05, 4.69) is 5.32 Å². The molecule has 0 saturated carbocycles. The lowest BCUT2D eigenvalue weighted by Crippen LogP contribution is -2.86. The molecule has 2 aromatic carbocycles. The van der Waals surface area contributed by atoms with Gasteiger partial charge in [0.25, 0.3) is 11.6 Å². The number of hydrogen-bond donors (Lipinski definition) is 2. The van der Waals surface area contributed by atoms with Gasteiger partial charge in [-0.15, -0.1) is 0 Å². The second kappa shape index (κ2) is 8.10. The molecule has 0 bridgehead atoms. The maximum atomic E-state index is 12.1. The summed E-state index contributed by atoms with van der Waals surface area (Å²) < 4.78 is 0. The zero-order valence-corrected chi connectivity index (χ0v) is 14.3. The molecule has 3 N–H and O–H groups in total. The fraction of sp³-hybridized carbons (Fsp3) is 0.188. The Morgan fingerprint density at radius 3 is 2.67 bits per heavy atom. The molecule has 0 fully saturated rings. The predicted octanol–water partition coefficient (Wildman–Crippen LogP) is 3.16. The van der Waals surface area contributed by atoms with Gasteiger partial charge in [0.2, 0.25) is 0 Å². The molecular weight excluding hydrogens is 353 g/mol. The number of benzene rings is 2. The summed E-state index contributed by atoms with van der Waals surface area (Å²) >= 11 is 12.0. The van der Waals surface area contributed by atoms with Gasteiger partial charge in [-0.05, 0) is 25.1 Å². The quantitative estimate of drug-likeness (QED) is 0.606. The standard InChI is InChI=1S/C16H15Cl2N3O3/c1-10(12-4-2-3-5-13(12)18)19-9-16(22)20-14-8-11(17)6-7-15(14)21(23)24/h2-8,10,19H,9H2,1H3,(H,20,22)/p+1/t10-/m0/s1. The number of hydrogen-bond acceptors (Lipinski definition) is 3. The number of halogens is 2. The zero-order chi connectivity index (χ0) is 17.7. The van der Waals surface area contributed by atoms with Crippen molar-refractivity contribution in [2.24, 2.45) is 0 Å². The van der Waals surface area contributed by atoms with E-state index < -0.39 is 4.92 Å². The number of carbonyl (C=O) groups excluding carboxylic acids is 1. The molecule has 0 saturated heterocycles. The van der Waals surface area contributed by atoms with Crippen molar-refractivity contribution in [1.82, 2.24) is 0 Å². The molecule has 0 aliphatic heterocycles. The Morgan fingerprint density at radius 2 is 2.00 bits per heavy atom. The number of anilines is 1.